The molecule has 1 aromatic rings. The molecule has 0 saturated carbocycles. The third kappa shape index (κ3) is 4.33. The molecule has 1 rings (SSSR count). The molecule has 0 aliphatic rings. The zero-order chi connectivity index (χ0) is 16.2. The molecule has 0 spiro atoms. The first kappa shape index (κ1) is 17.3. The summed E-state index contributed by atoms with van der Waals surface area (Å²) >= 11 is 0. The van der Waals surface area contributed by atoms with Gasteiger partial charge in [-0.25, -0.2) is 0 Å². The summed E-state index contributed by atoms with van der Waals surface area (Å²) in [6, 6.07) is 2.72. The van der Waals surface area contributed by atoms with Crippen molar-refractivity contribution < 1.29 is 37.7 Å². The van der Waals surface area contributed by atoms with Crippen LogP contribution in [-0.2, 0) is 15.7 Å². The first-order valence-electron chi connectivity index (χ1n) is 5.88. The summed E-state index contributed by atoms with van der Waals surface area (Å²) in [5.41, 5.74) is -1.00. The van der Waals surface area contributed by atoms with Crippen LogP contribution in [0.4, 0.5) is 13.2 Å². The van der Waals surface area contributed by atoms with E-state index in [0.717, 1.165) is 32.4 Å². The van der Waals surface area contributed by atoms with Crippen molar-refractivity contribution in [1.82, 2.24) is 0 Å². The highest BCUT2D eigenvalue weighted by Gasteiger charge is 2.35. The molecular weight excluding hydrogens is 293 g/mol. The minimum Gasteiger partial charge on any atom is -0.496 e. The molecule has 0 fully saturated rings. The Labute approximate surface area is 118 Å². The van der Waals surface area contributed by atoms with Gasteiger partial charge in [-0.15, -0.1) is 0 Å². The smallest absolute Gasteiger partial charge is 0.419 e. The summed E-state index contributed by atoms with van der Waals surface area (Å²) in [7, 11) is 2.17. The molecule has 0 saturated heterocycles. The fourth-order valence-electron chi connectivity index (χ4n) is 1.71. The zero-order valence-corrected chi connectivity index (χ0v) is 11.3. The third-order valence-electron chi connectivity index (χ3n) is 2.84. The largest absolute Gasteiger partial charge is 0.496 e. The van der Waals surface area contributed by atoms with Crippen LogP contribution in [0.2, 0.25) is 0 Å². The molecule has 118 valence electrons. The van der Waals surface area contributed by atoms with Crippen molar-refractivity contribution in [3.8, 4) is 5.75 Å². The Hall–Kier alpha value is -1.80. The van der Waals surface area contributed by atoms with Crippen LogP contribution in [0.15, 0.2) is 18.2 Å². The van der Waals surface area contributed by atoms with E-state index in [2.05, 4.69) is 9.47 Å². The van der Waals surface area contributed by atoms with E-state index in [1.165, 1.54) is 0 Å². The molecule has 0 bridgehead atoms. The van der Waals surface area contributed by atoms with Crippen molar-refractivity contribution in [2.45, 2.75) is 24.8 Å². The summed E-state index contributed by atoms with van der Waals surface area (Å²) in [5.74, 6) is -1.23. The molecule has 0 aromatic heterocycles. The van der Waals surface area contributed by atoms with E-state index in [1.807, 2.05) is 0 Å². The van der Waals surface area contributed by atoms with Crippen LogP contribution < -0.4 is 4.74 Å². The summed E-state index contributed by atoms with van der Waals surface area (Å²) in [6.07, 6.45) is -8.13. The number of hydrogen-bond donors (Lipinski definition) is 2. The quantitative estimate of drug-likeness (QED) is 0.809. The molecule has 21 heavy (non-hydrogen) atoms. The minimum absolute atomic E-state index is 0.00347. The minimum atomic E-state index is -4.60. The first-order valence-corrected chi connectivity index (χ1v) is 5.88. The summed E-state index contributed by atoms with van der Waals surface area (Å²) < 4.78 is 47.0. The van der Waals surface area contributed by atoms with Crippen molar-refractivity contribution >= 4 is 5.97 Å². The zero-order valence-electron chi connectivity index (χ0n) is 11.3. The molecule has 2 N–H and O–H groups in total. The predicted octanol–water partition coefficient (Wildman–Crippen LogP) is 1.67. The van der Waals surface area contributed by atoms with Gasteiger partial charge in [-0.2, -0.15) is 13.2 Å². The van der Waals surface area contributed by atoms with Crippen molar-refractivity contribution in [1.29, 1.82) is 0 Å². The van der Waals surface area contributed by atoms with Crippen molar-refractivity contribution in [3.05, 3.63) is 29.3 Å². The van der Waals surface area contributed by atoms with Gasteiger partial charge in [-0.1, -0.05) is 6.07 Å². The number of carbonyl (C=O) groups excluding carboxylic acids is 1. The highest BCUT2D eigenvalue weighted by Crippen LogP contribution is 2.37. The Kier molecular flexibility index (Phi) is 5.56. The van der Waals surface area contributed by atoms with Crippen LogP contribution in [0, 0.1) is 0 Å². The predicted molar refractivity (Wildman–Crippen MR) is 65.6 cm³/mol. The van der Waals surface area contributed by atoms with E-state index < -0.39 is 42.1 Å². The van der Waals surface area contributed by atoms with E-state index in [4.69, 9.17) is 0 Å². The fraction of sp³-hybridized carbons (Fsp3) is 0.462. The molecule has 0 heterocycles. The van der Waals surface area contributed by atoms with Gasteiger partial charge in [0.25, 0.3) is 0 Å². The Morgan fingerprint density at radius 2 is 1.90 bits per heavy atom. The molecule has 0 radical (unpaired) electrons. The normalized spacial score (nSPS) is 14.4. The summed E-state index contributed by atoms with van der Waals surface area (Å²) in [5, 5.41) is 19.5. The average molecular weight is 308 g/mol. The number of ether oxygens (including phenoxy) is 2. The second-order valence-corrected chi connectivity index (χ2v) is 4.25. The Morgan fingerprint density at radius 1 is 1.29 bits per heavy atom. The van der Waals surface area contributed by atoms with Gasteiger partial charge in [0.1, 0.15) is 11.9 Å². The standard InChI is InChI=1S/C13H15F3O5/c1-20-10-5-7(3-4-8(10)13(14,15)16)12(19)9(17)6-11(18)21-2/h3-5,9,12,17,19H,6H2,1-2H3. The lowest BCUT2D eigenvalue weighted by atomic mass is 10.00. The van der Waals surface area contributed by atoms with E-state index in [1.54, 1.807) is 0 Å². The number of benzene rings is 1. The molecular formula is C13H15F3O5. The summed E-state index contributed by atoms with van der Waals surface area (Å²) in [6.45, 7) is 0. The molecule has 2 unspecified atom stereocenters. The van der Waals surface area contributed by atoms with Crippen molar-refractivity contribution in [2.75, 3.05) is 14.2 Å². The van der Waals surface area contributed by atoms with E-state index >= 15 is 0 Å². The Balaban J connectivity index is 3.01. The van der Waals surface area contributed by atoms with Gasteiger partial charge in [0.2, 0.25) is 0 Å². The molecule has 0 amide bonds. The lowest BCUT2D eigenvalue weighted by molar-refractivity contribution is -0.144. The van der Waals surface area contributed by atoms with Gasteiger partial charge in [0, 0.05) is 0 Å². The van der Waals surface area contributed by atoms with Gasteiger partial charge in [-0.3, -0.25) is 4.79 Å². The number of carbonyl (C=O) groups is 1. The van der Waals surface area contributed by atoms with Crippen LogP contribution in [0.1, 0.15) is 23.7 Å². The maximum atomic E-state index is 12.7. The van der Waals surface area contributed by atoms with Crippen LogP contribution in [0.25, 0.3) is 0 Å². The van der Waals surface area contributed by atoms with Gasteiger partial charge in [0.15, 0.2) is 0 Å². The molecule has 2 atom stereocenters. The van der Waals surface area contributed by atoms with Crippen LogP contribution in [-0.4, -0.2) is 36.5 Å². The van der Waals surface area contributed by atoms with Crippen molar-refractivity contribution in [2.24, 2.45) is 0 Å². The van der Waals surface area contributed by atoms with E-state index in [9.17, 15) is 28.2 Å². The highest BCUT2D eigenvalue weighted by molar-refractivity contribution is 5.69. The van der Waals surface area contributed by atoms with Gasteiger partial charge >= 0.3 is 12.1 Å². The maximum Gasteiger partial charge on any atom is 0.419 e. The summed E-state index contributed by atoms with van der Waals surface area (Å²) in [4.78, 5) is 11.0. The van der Waals surface area contributed by atoms with Crippen molar-refractivity contribution in [3.63, 3.8) is 0 Å². The average Bonchev–Trinajstić information content (AvgIpc) is 2.44. The number of alkyl halides is 3. The molecule has 8 heteroatoms. The second kappa shape index (κ2) is 6.77. The maximum absolute atomic E-state index is 12.7. The van der Waals surface area contributed by atoms with E-state index in [-0.39, 0.29) is 5.56 Å². The first-order chi connectivity index (χ1) is 9.70. The highest BCUT2D eigenvalue weighted by atomic mass is 19.4. The van der Waals surface area contributed by atoms with Crippen LogP contribution in [0.5, 0.6) is 5.75 Å². The van der Waals surface area contributed by atoms with E-state index in [0.29, 0.717) is 0 Å². The lowest BCUT2D eigenvalue weighted by Crippen LogP contribution is -2.22. The van der Waals surface area contributed by atoms with Gasteiger partial charge in [0.05, 0.1) is 32.3 Å². The number of rotatable bonds is 5. The lowest BCUT2D eigenvalue weighted by Gasteiger charge is -2.19. The number of esters is 1. The monoisotopic (exact) mass is 308 g/mol. The fourth-order valence-corrected chi connectivity index (χ4v) is 1.71. The SMILES string of the molecule is COC(=O)CC(O)C(O)c1ccc(C(F)(F)F)c(OC)c1. The van der Waals surface area contributed by atoms with Crippen LogP contribution >= 0.6 is 0 Å². The third-order valence-corrected chi connectivity index (χ3v) is 2.84. The van der Waals surface area contributed by atoms with Crippen LogP contribution in [0.3, 0.4) is 0 Å². The number of aliphatic hydroxyl groups is 2. The molecule has 0 aliphatic carbocycles. The van der Waals surface area contributed by atoms with Gasteiger partial charge < -0.3 is 19.7 Å². The number of methoxy groups -OCH3 is 2. The number of aliphatic hydroxyl groups excluding tert-OH is 2. The topological polar surface area (TPSA) is 76.0 Å². The Bertz CT molecular complexity index is 501. The molecule has 1 aromatic carbocycles. The Morgan fingerprint density at radius 3 is 2.38 bits per heavy atom. The van der Waals surface area contributed by atoms with Gasteiger partial charge in [-0.05, 0) is 17.7 Å². The molecule has 0 aliphatic heterocycles. The number of halogens is 3. The molecule has 5 nitrogen and oxygen atoms in total. The number of hydrogen-bond acceptors (Lipinski definition) is 5. The second-order valence-electron chi connectivity index (χ2n) is 4.25.